The largest absolute Gasteiger partial charge is 0.342 e. The van der Waals surface area contributed by atoms with Gasteiger partial charge in [-0.15, -0.1) is 0 Å². The van der Waals surface area contributed by atoms with Gasteiger partial charge in [-0.25, -0.2) is 9.18 Å². The number of nitrogens with one attached hydrogen (secondary N) is 1. The van der Waals surface area contributed by atoms with Crippen molar-refractivity contribution < 1.29 is 14.0 Å². The summed E-state index contributed by atoms with van der Waals surface area (Å²) in [5, 5.41) is 2.99. The van der Waals surface area contributed by atoms with E-state index in [9.17, 15) is 14.0 Å². The van der Waals surface area contributed by atoms with Gasteiger partial charge in [-0.2, -0.15) is 0 Å². The lowest BCUT2D eigenvalue weighted by Gasteiger charge is -2.33. The van der Waals surface area contributed by atoms with Crippen LogP contribution in [0.15, 0.2) is 24.3 Å². The van der Waals surface area contributed by atoms with E-state index in [0.717, 1.165) is 24.8 Å². The first kappa shape index (κ1) is 14.8. The van der Waals surface area contributed by atoms with Crippen molar-refractivity contribution in [3.63, 3.8) is 0 Å². The van der Waals surface area contributed by atoms with Gasteiger partial charge in [-0.05, 0) is 30.5 Å². The lowest BCUT2D eigenvalue weighted by molar-refractivity contribution is -0.119. The van der Waals surface area contributed by atoms with Crippen LogP contribution >= 0.6 is 0 Å². The molecule has 2 fully saturated rings. The molecule has 118 valence electrons. The topological polar surface area (TPSA) is 52.7 Å². The van der Waals surface area contributed by atoms with Crippen LogP contribution in [0.2, 0.25) is 0 Å². The maximum Gasteiger partial charge on any atom is 0.317 e. The molecule has 2 aliphatic rings. The van der Waals surface area contributed by atoms with Gasteiger partial charge in [0.2, 0.25) is 6.41 Å². The van der Waals surface area contributed by atoms with Crippen LogP contribution in [0.3, 0.4) is 0 Å². The summed E-state index contributed by atoms with van der Waals surface area (Å²) >= 11 is 0. The molecule has 3 rings (SSSR count). The maximum atomic E-state index is 13.0. The van der Waals surface area contributed by atoms with Crippen molar-refractivity contribution in [1.29, 1.82) is 0 Å². The minimum atomic E-state index is -0.239. The predicted octanol–water partition coefficient (Wildman–Crippen LogP) is 1.34. The number of urea groups is 1. The zero-order valence-corrected chi connectivity index (χ0v) is 12.4. The molecule has 1 saturated heterocycles. The van der Waals surface area contributed by atoms with Crippen LogP contribution in [-0.4, -0.2) is 55.0 Å². The molecule has 0 radical (unpaired) electrons. The smallest absolute Gasteiger partial charge is 0.317 e. The van der Waals surface area contributed by atoms with Gasteiger partial charge in [-0.3, -0.25) is 4.79 Å². The van der Waals surface area contributed by atoms with Gasteiger partial charge < -0.3 is 15.1 Å². The van der Waals surface area contributed by atoms with Gasteiger partial charge in [0.15, 0.2) is 0 Å². The Balaban J connectivity index is 1.53. The minimum Gasteiger partial charge on any atom is -0.342 e. The number of rotatable bonds is 4. The molecule has 6 heteroatoms. The average molecular weight is 305 g/mol. The summed E-state index contributed by atoms with van der Waals surface area (Å²) in [6.07, 6.45) is 2.85. The molecule has 0 spiro atoms. The highest BCUT2D eigenvalue weighted by Crippen LogP contribution is 2.47. The number of nitrogens with zero attached hydrogens (tertiary/aromatic N) is 2. The summed E-state index contributed by atoms with van der Waals surface area (Å²) in [6, 6.07) is 6.46. The first-order valence-electron chi connectivity index (χ1n) is 7.61. The highest BCUT2D eigenvalue weighted by Gasteiger charge is 2.44. The van der Waals surface area contributed by atoms with Crippen LogP contribution in [0.4, 0.5) is 9.18 Å². The summed E-state index contributed by atoms with van der Waals surface area (Å²) in [7, 11) is 0. The second-order valence-electron chi connectivity index (χ2n) is 6.07. The molecule has 22 heavy (non-hydrogen) atoms. The van der Waals surface area contributed by atoms with Gasteiger partial charge >= 0.3 is 6.03 Å². The molecule has 3 amide bonds. The maximum absolute atomic E-state index is 13.0. The average Bonchev–Trinajstić information content (AvgIpc) is 3.34. The fourth-order valence-corrected chi connectivity index (χ4v) is 2.91. The lowest BCUT2D eigenvalue weighted by Crippen LogP contribution is -2.52. The Morgan fingerprint density at radius 3 is 2.36 bits per heavy atom. The van der Waals surface area contributed by atoms with E-state index in [1.54, 1.807) is 21.9 Å². The molecular formula is C16H20FN3O2. The molecule has 1 N–H and O–H groups in total. The SMILES string of the molecule is O=CN1CCN(C(=O)NCC2(c3ccc(F)cc3)CC2)CC1. The zero-order chi connectivity index (χ0) is 15.6. The number of hydrogen-bond acceptors (Lipinski definition) is 2. The molecule has 0 unspecified atom stereocenters. The molecule has 1 aromatic carbocycles. The summed E-state index contributed by atoms with van der Waals surface area (Å²) in [5.41, 5.74) is 1.05. The van der Waals surface area contributed by atoms with E-state index in [1.807, 2.05) is 0 Å². The van der Waals surface area contributed by atoms with Gasteiger partial charge in [0, 0.05) is 38.1 Å². The lowest BCUT2D eigenvalue weighted by atomic mass is 9.96. The predicted molar refractivity (Wildman–Crippen MR) is 79.9 cm³/mol. The third-order valence-electron chi connectivity index (χ3n) is 4.64. The molecule has 1 aliphatic carbocycles. The second-order valence-corrected chi connectivity index (χ2v) is 6.07. The quantitative estimate of drug-likeness (QED) is 0.854. The molecule has 1 aromatic rings. The summed E-state index contributed by atoms with van der Waals surface area (Å²) in [5.74, 6) is -0.239. The van der Waals surface area contributed by atoms with E-state index in [0.29, 0.717) is 32.7 Å². The van der Waals surface area contributed by atoms with Crippen molar-refractivity contribution in [3.8, 4) is 0 Å². The van der Waals surface area contributed by atoms with E-state index in [1.165, 1.54) is 12.1 Å². The first-order chi connectivity index (χ1) is 10.6. The third-order valence-corrected chi connectivity index (χ3v) is 4.64. The normalized spacial score (nSPS) is 19.7. The number of halogens is 1. The van der Waals surface area contributed by atoms with Crippen molar-refractivity contribution in [2.45, 2.75) is 18.3 Å². The molecule has 0 bridgehead atoms. The monoisotopic (exact) mass is 305 g/mol. The Labute approximate surface area is 129 Å². The van der Waals surface area contributed by atoms with E-state index in [-0.39, 0.29) is 17.3 Å². The summed E-state index contributed by atoms with van der Waals surface area (Å²) in [4.78, 5) is 26.3. The van der Waals surface area contributed by atoms with Crippen molar-refractivity contribution >= 4 is 12.4 Å². The number of carbonyl (C=O) groups excluding carboxylic acids is 2. The van der Waals surface area contributed by atoms with Crippen molar-refractivity contribution in [2.24, 2.45) is 0 Å². The van der Waals surface area contributed by atoms with Crippen LogP contribution in [0.25, 0.3) is 0 Å². The summed E-state index contributed by atoms with van der Waals surface area (Å²) < 4.78 is 13.0. The van der Waals surface area contributed by atoms with Crippen LogP contribution in [-0.2, 0) is 10.2 Å². The third kappa shape index (κ3) is 3.05. The molecule has 1 saturated carbocycles. The Morgan fingerprint density at radius 1 is 1.18 bits per heavy atom. The molecule has 0 aromatic heterocycles. The number of benzene rings is 1. The fraction of sp³-hybridized carbons (Fsp3) is 0.500. The van der Waals surface area contributed by atoms with E-state index >= 15 is 0 Å². The van der Waals surface area contributed by atoms with Gasteiger partial charge in [0.05, 0.1) is 0 Å². The number of amides is 3. The number of piperazine rings is 1. The van der Waals surface area contributed by atoms with Crippen LogP contribution in [0.1, 0.15) is 18.4 Å². The Bertz CT molecular complexity index is 549. The van der Waals surface area contributed by atoms with Crippen LogP contribution in [0, 0.1) is 5.82 Å². The molecular weight excluding hydrogens is 285 g/mol. The van der Waals surface area contributed by atoms with E-state index in [2.05, 4.69) is 5.32 Å². The molecule has 1 aliphatic heterocycles. The zero-order valence-electron chi connectivity index (χ0n) is 12.4. The minimum absolute atomic E-state index is 0.0338. The first-order valence-corrected chi connectivity index (χ1v) is 7.61. The number of carbonyl (C=O) groups is 2. The van der Waals surface area contributed by atoms with Gasteiger partial charge in [0.1, 0.15) is 5.82 Å². The Hall–Kier alpha value is -2.11. The van der Waals surface area contributed by atoms with Crippen molar-refractivity contribution in [3.05, 3.63) is 35.6 Å². The Morgan fingerprint density at radius 2 is 1.82 bits per heavy atom. The second kappa shape index (κ2) is 5.94. The molecule has 0 atom stereocenters. The van der Waals surface area contributed by atoms with E-state index in [4.69, 9.17) is 0 Å². The van der Waals surface area contributed by atoms with Crippen molar-refractivity contribution in [2.75, 3.05) is 32.7 Å². The van der Waals surface area contributed by atoms with Crippen molar-refractivity contribution in [1.82, 2.24) is 15.1 Å². The van der Waals surface area contributed by atoms with Crippen LogP contribution < -0.4 is 5.32 Å². The van der Waals surface area contributed by atoms with E-state index < -0.39 is 0 Å². The fourth-order valence-electron chi connectivity index (χ4n) is 2.91. The number of hydrogen-bond donors (Lipinski definition) is 1. The van der Waals surface area contributed by atoms with Crippen LogP contribution in [0.5, 0.6) is 0 Å². The highest BCUT2D eigenvalue weighted by molar-refractivity contribution is 5.74. The van der Waals surface area contributed by atoms with Gasteiger partial charge in [0.25, 0.3) is 0 Å². The molecule has 5 nitrogen and oxygen atoms in total. The standard InChI is InChI=1S/C16H20FN3O2/c17-14-3-1-13(2-4-14)16(5-6-16)11-18-15(22)20-9-7-19(12-21)8-10-20/h1-4,12H,5-11H2,(H,18,22). The summed E-state index contributed by atoms with van der Waals surface area (Å²) in [6.45, 7) is 2.87. The Kier molecular flexibility index (Phi) is 4.00. The highest BCUT2D eigenvalue weighted by atomic mass is 19.1. The molecule has 1 heterocycles. The van der Waals surface area contributed by atoms with Gasteiger partial charge in [-0.1, -0.05) is 12.1 Å².